The van der Waals surface area contributed by atoms with Crippen LogP contribution in [-0.2, 0) is 19.1 Å². The molecule has 0 aliphatic rings. The lowest BCUT2D eigenvalue weighted by Crippen LogP contribution is -2.16. The van der Waals surface area contributed by atoms with E-state index in [1.165, 1.54) is 32.3 Å². The average molecular weight is 677 g/mol. The molecular weight excluding hydrogens is 617 g/mol. The molecule has 6 aromatic carbocycles. The van der Waals surface area contributed by atoms with Crippen LogP contribution in [0.25, 0.3) is 43.1 Å². The van der Waals surface area contributed by atoms with Gasteiger partial charge in [0.05, 0.1) is 11.8 Å². The number of carbonyl (C=O) groups excluding carboxylic acids is 2. The van der Waals surface area contributed by atoms with Crippen LogP contribution in [0.2, 0.25) is 0 Å². The minimum Gasteiger partial charge on any atom is -0.458 e. The number of carbonyl (C=O) groups is 2. The Bertz CT molecular complexity index is 1940. The lowest BCUT2D eigenvalue weighted by Gasteiger charge is -2.20. The van der Waals surface area contributed by atoms with Gasteiger partial charge in [-0.1, -0.05) is 142 Å². The Labute approximate surface area is 301 Å². The van der Waals surface area contributed by atoms with E-state index < -0.39 is 0 Å². The average Bonchev–Trinajstić information content (AvgIpc) is 3.08. The van der Waals surface area contributed by atoms with Gasteiger partial charge >= 0.3 is 11.9 Å². The van der Waals surface area contributed by atoms with Crippen molar-refractivity contribution in [3.8, 4) is 0 Å². The summed E-state index contributed by atoms with van der Waals surface area (Å²) in [5, 5.41) is 9.48. The van der Waals surface area contributed by atoms with E-state index in [1.807, 2.05) is 71.9 Å². The second-order valence-electron chi connectivity index (χ2n) is 12.3. The number of fused-ring (bicyclic) bond motifs is 4. The van der Waals surface area contributed by atoms with Crippen LogP contribution >= 0.6 is 0 Å². The highest BCUT2D eigenvalue weighted by Gasteiger charge is 2.21. The molecule has 4 atom stereocenters. The molecule has 0 saturated heterocycles. The number of ether oxygens (including phenoxy) is 2. The van der Waals surface area contributed by atoms with Crippen molar-refractivity contribution in [1.82, 2.24) is 0 Å². The summed E-state index contributed by atoms with van der Waals surface area (Å²) in [5.74, 6) is -0.379. The predicted molar refractivity (Wildman–Crippen MR) is 218 cm³/mol. The first-order valence-electron chi connectivity index (χ1n) is 16.4. The zero-order valence-electron chi connectivity index (χ0n) is 27.7. The van der Waals surface area contributed by atoms with Crippen molar-refractivity contribution in [2.75, 3.05) is 0 Å². The zero-order valence-corrected chi connectivity index (χ0v) is 27.7. The molecule has 268 valence electrons. The third-order valence-corrected chi connectivity index (χ3v) is 9.03. The molecule has 4 heteroatoms. The first-order valence-corrected chi connectivity index (χ1v) is 16.4. The maximum Gasteiger partial charge on any atom is 0.309 e. The Morgan fingerprint density at radius 2 is 0.860 bits per heavy atom. The van der Waals surface area contributed by atoms with Crippen molar-refractivity contribution < 1.29 is 19.1 Å². The third-order valence-electron chi connectivity index (χ3n) is 9.03. The second-order valence-corrected chi connectivity index (χ2v) is 12.3. The Hall–Kier alpha value is -4.70. The van der Waals surface area contributed by atoms with Gasteiger partial charge in [-0.25, -0.2) is 0 Å². The molecule has 4 nitrogen and oxygen atoms in total. The van der Waals surface area contributed by atoms with E-state index in [1.54, 1.807) is 0 Å². The Morgan fingerprint density at radius 1 is 0.480 bits per heavy atom. The van der Waals surface area contributed by atoms with Crippen molar-refractivity contribution in [3.05, 3.63) is 120 Å². The van der Waals surface area contributed by atoms with Crippen molar-refractivity contribution in [2.24, 2.45) is 11.8 Å². The molecule has 0 heterocycles. The van der Waals surface area contributed by atoms with Gasteiger partial charge in [-0.3, -0.25) is 9.59 Å². The standard InChI is InChI=1S/2C21H22O2.4CH4/c1-4-14(2)21(22)23-15(3)20-18-11-7-5-9-16(18)13-17-10-6-8-12-19(17)20;1-4-14(2)21(22)23-15(3)16-9-10-19-12-17-7-5-6-8-18(17)13-20(19)11-16;;;;/h2*5-15H,4H2,1-3H3;4*1H4. The van der Waals surface area contributed by atoms with Gasteiger partial charge in [0.15, 0.2) is 0 Å². The van der Waals surface area contributed by atoms with Crippen molar-refractivity contribution in [1.29, 1.82) is 0 Å². The molecule has 4 unspecified atom stereocenters. The fraction of sp³-hybridized carbons (Fsp3) is 0.348. The largest absolute Gasteiger partial charge is 0.458 e. The quantitative estimate of drug-likeness (QED) is 0.119. The number of hydrogen-bond donors (Lipinski definition) is 0. The molecule has 0 saturated carbocycles. The summed E-state index contributed by atoms with van der Waals surface area (Å²) in [6.07, 6.45) is 1.09. The van der Waals surface area contributed by atoms with Crippen LogP contribution in [0.15, 0.2) is 109 Å². The van der Waals surface area contributed by atoms with E-state index in [-0.39, 0.29) is 65.7 Å². The molecule has 0 radical (unpaired) electrons. The monoisotopic (exact) mass is 676 g/mol. The van der Waals surface area contributed by atoms with Gasteiger partial charge in [-0.2, -0.15) is 0 Å². The minimum atomic E-state index is -0.271. The van der Waals surface area contributed by atoms with Crippen molar-refractivity contribution >= 4 is 55.0 Å². The van der Waals surface area contributed by atoms with Crippen LogP contribution in [0.5, 0.6) is 0 Å². The molecule has 50 heavy (non-hydrogen) atoms. The molecule has 0 aliphatic carbocycles. The van der Waals surface area contributed by atoms with Gasteiger partial charge in [-0.15, -0.1) is 0 Å². The predicted octanol–water partition coefficient (Wildman–Crippen LogP) is 13.8. The summed E-state index contributed by atoms with van der Waals surface area (Å²) in [5.41, 5.74) is 2.12. The number of hydrogen-bond acceptors (Lipinski definition) is 4. The fourth-order valence-electron chi connectivity index (χ4n) is 5.74. The molecule has 0 N–H and O–H groups in total. The highest BCUT2D eigenvalue weighted by atomic mass is 16.5. The third kappa shape index (κ3) is 9.72. The number of rotatable bonds is 8. The maximum atomic E-state index is 12.2. The van der Waals surface area contributed by atoms with E-state index in [4.69, 9.17) is 9.47 Å². The maximum absolute atomic E-state index is 12.2. The smallest absolute Gasteiger partial charge is 0.309 e. The van der Waals surface area contributed by atoms with Gasteiger partial charge in [-0.05, 0) is 99.6 Å². The Balaban J connectivity index is 0.000000463. The van der Waals surface area contributed by atoms with Gasteiger partial charge in [0.2, 0.25) is 0 Å². The molecule has 0 aliphatic heterocycles. The first kappa shape index (κ1) is 43.3. The van der Waals surface area contributed by atoms with Crippen LogP contribution in [-0.4, -0.2) is 11.9 Å². The molecule has 0 fully saturated rings. The van der Waals surface area contributed by atoms with Crippen LogP contribution < -0.4 is 0 Å². The first-order chi connectivity index (χ1) is 22.2. The van der Waals surface area contributed by atoms with Crippen LogP contribution in [0.4, 0.5) is 0 Å². The van der Waals surface area contributed by atoms with E-state index in [9.17, 15) is 9.59 Å². The summed E-state index contributed by atoms with van der Waals surface area (Å²) in [6, 6.07) is 37.8. The molecule has 0 bridgehead atoms. The number of esters is 2. The second kappa shape index (κ2) is 19.5. The molecule has 6 rings (SSSR count). The van der Waals surface area contributed by atoms with Crippen molar-refractivity contribution in [3.63, 3.8) is 0 Å². The van der Waals surface area contributed by atoms with Crippen LogP contribution in [0, 0.1) is 11.8 Å². The summed E-state index contributed by atoms with van der Waals surface area (Å²) < 4.78 is 11.4. The lowest BCUT2D eigenvalue weighted by molar-refractivity contribution is -0.154. The lowest BCUT2D eigenvalue weighted by atomic mass is 9.94. The van der Waals surface area contributed by atoms with Gasteiger partial charge in [0.25, 0.3) is 0 Å². The number of benzene rings is 6. The molecule has 0 amide bonds. The summed E-state index contributed by atoms with van der Waals surface area (Å²) in [6.45, 7) is 11.7. The van der Waals surface area contributed by atoms with E-state index >= 15 is 0 Å². The molecule has 0 spiro atoms. The van der Waals surface area contributed by atoms with E-state index in [2.05, 4.69) is 78.9 Å². The Kier molecular flexibility index (Phi) is 16.9. The highest BCUT2D eigenvalue weighted by molar-refractivity contribution is 6.03. The SMILES string of the molecule is C.C.C.C.CCC(C)C(=O)OC(C)c1c2ccccc2cc2ccccc12.CCC(C)C(=O)OC(C)c1ccc2cc3ccccc3cc2c1. The van der Waals surface area contributed by atoms with Gasteiger partial charge in [0.1, 0.15) is 12.2 Å². The van der Waals surface area contributed by atoms with Gasteiger partial charge < -0.3 is 9.47 Å². The summed E-state index contributed by atoms with van der Waals surface area (Å²) in [7, 11) is 0. The van der Waals surface area contributed by atoms with Crippen LogP contribution in [0.3, 0.4) is 0 Å². The minimum absolute atomic E-state index is 0. The summed E-state index contributed by atoms with van der Waals surface area (Å²) >= 11 is 0. The highest BCUT2D eigenvalue weighted by Crippen LogP contribution is 2.35. The normalized spacial score (nSPS) is 12.8. The molecule has 0 aromatic heterocycles. The molecule has 6 aromatic rings. The summed E-state index contributed by atoms with van der Waals surface area (Å²) in [4.78, 5) is 24.2. The van der Waals surface area contributed by atoms with Gasteiger partial charge in [0, 0.05) is 5.56 Å². The van der Waals surface area contributed by atoms with E-state index in [0.717, 1.165) is 34.7 Å². The Morgan fingerprint density at radius 3 is 1.34 bits per heavy atom. The van der Waals surface area contributed by atoms with Crippen LogP contribution in [0.1, 0.15) is 107 Å². The van der Waals surface area contributed by atoms with E-state index in [0.29, 0.717) is 0 Å². The fourth-order valence-corrected chi connectivity index (χ4v) is 5.74. The van der Waals surface area contributed by atoms with Crippen molar-refractivity contribution in [2.45, 2.75) is 96.3 Å². The zero-order chi connectivity index (χ0) is 32.8. The molecular formula is C46H60O4. The topological polar surface area (TPSA) is 52.6 Å².